The van der Waals surface area contributed by atoms with Gasteiger partial charge in [-0.25, -0.2) is 5.01 Å². The number of rotatable bonds is 4. The lowest BCUT2D eigenvalue weighted by molar-refractivity contribution is -0.130. The van der Waals surface area contributed by atoms with Crippen LogP contribution in [-0.4, -0.2) is 63.9 Å². The van der Waals surface area contributed by atoms with Crippen molar-refractivity contribution in [3.8, 4) is 0 Å². The number of hydrazone groups is 1. The maximum atomic E-state index is 12.2. The molecule has 1 aromatic rings. The standard InChI is InChI=1S/C24H30N6O2/c1-14-6-5-9-30-21(10-14)26-27-23(30)17-12-20(32-4)22(25-13-17)15(2)16-7-8-18-19(11-16)28-29(3)24(18)31/h11-14,18,20,22H,2,5-10H2,1,3-4H3. The number of carbonyl (C=O) groups is 1. The van der Waals surface area contributed by atoms with Crippen molar-refractivity contribution in [3.05, 3.63) is 41.5 Å². The normalized spacial score (nSPS) is 29.7. The van der Waals surface area contributed by atoms with Crippen molar-refractivity contribution in [2.45, 2.75) is 57.7 Å². The molecule has 4 unspecified atom stereocenters. The van der Waals surface area contributed by atoms with Gasteiger partial charge in [-0.2, -0.15) is 5.10 Å². The Hall–Kier alpha value is -2.87. The Morgan fingerprint density at radius 1 is 1.28 bits per heavy atom. The summed E-state index contributed by atoms with van der Waals surface area (Å²) in [5.74, 6) is 2.50. The Labute approximate surface area is 188 Å². The summed E-state index contributed by atoms with van der Waals surface area (Å²) in [6.45, 7) is 7.56. The summed E-state index contributed by atoms with van der Waals surface area (Å²) < 4.78 is 8.06. The molecule has 32 heavy (non-hydrogen) atoms. The van der Waals surface area contributed by atoms with E-state index in [-0.39, 0.29) is 24.0 Å². The van der Waals surface area contributed by atoms with Gasteiger partial charge in [-0.05, 0) is 54.9 Å². The van der Waals surface area contributed by atoms with Gasteiger partial charge in [0, 0.05) is 38.9 Å². The number of nitrogens with zero attached hydrogens (tertiary/aromatic N) is 6. The van der Waals surface area contributed by atoms with Crippen molar-refractivity contribution in [1.29, 1.82) is 0 Å². The third kappa shape index (κ3) is 3.56. The number of aliphatic imine (C=N–C) groups is 1. The van der Waals surface area contributed by atoms with Gasteiger partial charge in [0.25, 0.3) is 5.91 Å². The summed E-state index contributed by atoms with van der Waals surface area (Å²) in [6.07, 6.45) is 10.6. The van der Waals surface area contributed by atoms with Crippen molar-refractivity contribution in [2.24, 2.45) is 21.9 Å². The fourth-order valence-electron chi connectivity index (χ4n) is 5.16. The first-order valence-corrected chi connectivity index (χ1v) is 11.4. The van der Waals surface area contributed by atoms with Crippen LogP contribution in [0.1, 0.15) is 44.3 Å². The van der Waals surface area contributed by atoms with Gasteiger partial charge < -0.3 is 9.30 Å². The molecular weight excluding hydrogens is 404 g/mol. The highest BCUT2D eigenvalue weighted by atomic mass is 16.5. The highest BCUT2D eigenvalue weighted by Crippen LogP contribution is 2.35. The van der Waals surface area contributed by atoms with Crippen LogP contribution in [0.2, 0.25) is 0 Å². The van der Waals surface area contributed by atoms with Gasteiger partial charge in [0.1, 0.15) is 18.0 Å². The molecule has 1 aromatic heterocycles. The Balaban J connectivity index is 1.38. The molecule has 0 spiro atoms. The third-order valence-electron chi connectivity index (χ3n) is 7.03. The summed E-state index contributed by atoms with van der Waals surface area (Å²) in [6, 6.07) is -0.214. The lowest BCUT2D eigenvalue weighted by atomic mass is 9.82. The summed E-state index contributed by atoms with van der Waals surface area (Å²) in [5.41, 5.74) is 3.78. The van der Waals surface area contributed by atoms with Crippen LogP contribution in [-0.2, 0) is 22.5 Å². The van der Waals surface area contributed by atoms with E-state index in [1.54, 1.807) is 14.2 Å². The van der Waals surface area contributed by atoms with Crippen LogP contribution in [0, 0.1) is 11.8 Å². The molecule has 8 heteroatoms. The molecule has 4 heterocycles. The number of dihydropyridines is 1. The fraction of sp³-hybridized carbons (Fsp3) is 0.542. The topological polar surface area (TPSA) is 85.0 Å². The first kappa shape index (κ1) is 21.0. The number of methoxy groups -OCH3 is 1. The Morgan fingerprint density at radius 2 is 2.12 bits per heavy atom. The van der Waals surface area contributed by atoms with E-state index >= 15 is 0 Å². The van der Waals surface area contributed by atoms with Gasteiger partial charge in [0.2, 0.25) is 0 Å². The lowest BCUT2D eigenvalue weighted by Gasteiger charge is -2.29. The van der Waals surface area contributed by atoms with Gasteiger partial charge in [-0.15, -0.1) is 10.2 Å². The van der Waals surface area contributed by atoms with Crippen LogP contribution < -0.4 is 0 Å². The molecule has 4 atom stereocenters. The van der Waals surface area contributed by atoms with Gasteiger partial charge in [0.15, 0.2) is 5.82 Å². The zero-order chi connectivity index (χ0) is 22.4. The van der Waals surface area contributed by atoms with E-state index in [9.17, 15) is 4.79 Å². The number of hydrogen-bond donors (Lipinski definition) is 0. The summed E-state index contributed by atoms with van der Waals surface area (Å²) >= 11 is 0. The van der Waals surface area contributed by atoms with Crippen molar-refractivity contribution in [3.63, 3.8) is 0 Å². The number of aromatic nitrogens is 3. The number of amides is 1. The van der Waals surface area contributed by atoms with Crippen LogP contribution in [0.25, 0.3) is 5.57 Å². The predicted octanol–water partition coefficient (Wildman–Crippen LogP) is 2.82. The maximum Gasteiger partial charge on any atom is 0.251 e. The minimum absolute atomic E-state index is 0.0702. The summed E-state index contributed by atoms with van der Waals surface area (Å²) in [4.78, 5) is 17.0. The van der Waals surface area contributed by atoms with Crippen molar-refractivity contribution >= 4 is 23.4 Å². The number of carbonyl (C=O) groups excluding carboxylic acids is 1. The van der Waals surface area contributed by atoms with Gasteiger partial charge in [-0.3, -0.25) is 9.79 Å². The molecule has 168 valence electrons. The minimum Gasteiger partial charge on any atom is -0.375 e. The van der Waals surface area contributed by atoms with Crippen molar-refractivity contribution in [1.82, 2.24) is 19.8 Å². The van der Waals surface area contributed by atoms with Crippen LogP contribution in [0.5, 0.6) is 0 Å². The second kappa shape index (κ2) is 8.24. The number of ether oxygens (including phenoxy) is 1. The molecule has 0 bridgehead atoms. The average molecular weight is 435 g/mol. The van der Waals surface area contributed by atoms with Crippen LogP contribution >= 0.6 is 0 Å². The Bertz CT molecular complexity index is 1080. The molecule has 0 radical (unpaired) electrons. The van der Waals surface area contributed by atoms with E-state index in [1.165, 1.54) is 11.4 Å². The Kier molecular flexibility index (Phi) is 5.41. The van der Waals surface area contributed by atoms with E-state index in [0.29, 0.717) is 5.92 Å². The van der Waals surface area contributed by atoms with Crippen LogP contribution in [0.15, 0.2) is 40.0 Å². The zero-order valence-electron chi connectivity index (χ0n) is 19.0. The molecule has 0 N–H and O–H groups in total. The monoisotopic (exact) mass is 434 g/mol. The molecule has 1 aliphatic carbocycles. The largest absolute Gasteiger partial charge is 0.375 e. The SMILES string of the molecule is C=C(C1=CC2=NN(C)C(=O)C2CC1)C1N=CC(c2nnc3n2CCCC(C)C3)=CC1OC. The maximum absolute atomic E-state index is 12.2. The predicted molar refractivity (Wildman–Crippen MR) is 123 cm³/mol. The lowest BCUT2D eigenvalue weighted by Crippen LogP contribution is -2.32. The second-order valence-corrected chi connectivity index (χ2v) is 9.26. The van der Waals surface area contributed by atoms with E-state index in [4.69, 9.17) is 9.73 Å². The van der Waals surface area contributed by atoms with E-state index < -0.39 is 0 Å². The second-order valence-electron chi connectivity index (χ2n) is 9.26. The molecule has 3 aliphatic heterocycles. The average Bonchev–Trinajstić information content (AvgIpc) is 3.25. The van der Waals surface area contributed by atoms with E-state index in [2.05, 4.69) is 39.4 Å². The smallest absolute Gasteiger partial charge is 0.251 e. The quantitative estimate of drug-likeness (QED) is 0.729. The van der Waals surface area contributed by atoms with Crippen molar-refractivity contribution in [2.75, 3.05) is 14.2 Å². The number of fused-ring (bicyclic) bond motifs is 2. The fourth-order valence-corrected chi connectivity index (χ4v) is 5.16. The minimum atomic E-state index is -0.242. The Morgan fingerprint density at radius 3 is 2.94 bits per heavy atom. The molecular formula is C24H30N6O2. The molecule has 0 fully saturated rings. The van der Waals surface area contributed by atoms with E-state index in [1.807, 2.05) is 12.3 Å². The third-order valence-corrected chi connectivity index (χ3v) is 7.03. The molecule has 5 rings (SSSR count). The summed E-state index contributed by atoms with van der Waals surface area (Å²) in [5, 5.41) is 14.8. The molecule has 0 aromatic carbocycles. The number of allylic oxidation sites excluding steroid dienone is 2. The van der Waals surface area contributed by atoms with Crippen LogP contribution in [0.4, 0.5) is 0 Å². The molecule has 1 amide bonds. The highest BCUT2D eigenvalue weighted by molar-refractivity contribution is 6.14. The summed E-state index contributed by atoms with van der Waals surface area (Å²) in [7, 11) is 3.41. The first-order valence-electron chi connectivity index (χ1n) is 11.4. The molecule has 0 saturated carbocycles. The highest BCUT2D eigenvalue weighted by Gasteiger charge is 2.37. The molecule has 8 nitrogen and oxygen atoms in total. The zero-order valence-corrected chi connectivity index (χ0v) is 19.0. The van der Waals surface area contributed by atoms with E-state index in [0.717, 1.165) is 66.3 Å². The molecule has 0 saturated heterocycles. The molecule has 4 aliphatic rings. The van der Waals surface area contributed by atoms with Gasteiger partial charge in [0.05, 0.1) is 11.6 Å². The van der Waals surface area contributed by atoms with Gasteiger partial charge >= 0.3 is 0 Å². The first-order chi connectivity index (χ1) is 15.5. The van der Waals surface area contributed by atoms with Crippen molar-refractivity contribution < 1.29 is 9.53 Å². The number of hydrogen-bond acceptors (Lipinski definition) is 6. The van der Waals surface area contributed by atoms with Gasteiger partial charge in [-0.1, -0.05) is 13.5 Å². The van der Waals surface area contributed by atoms with Crippen LogP contribution in [0.3, 0.4) is 0 Å².